The molecule has 3 rings (SSSR count). The van der Waals surface area contributed by atoms with Gasteiger partial charge in [0, 0.05) is 17.4 Å². The predicted molar refractivity (Wildman–Crippen MR) is 92.9 cm³/mol. The SMILES string of the molecule is NC(=O)c1cc2c([nH]c1=O)CCC[C@H]2Nc1cccc(OCC(F)(F)F)c1. The topological polar surface area (TPSA) is 97.2 Å². The first-order chi connectivity index (χ1) is 12.7. The number of primary amides is 1. The fourth-order valence-electron chi connectivity index (χ4n) is 3.12. The number of aromatic nitrogens is 1. The summed E-state index contributed by atoms with van der Waals surface area (Å²) >= 11 is 0. The van der Waals surface area contributed by atoms with Crippen molar-refractivity contribution in [1.82, 2.24) is 4.98 Å². The molecule has 1 aliphatic carbocycles. The maximum Gasteiger partial charge on any atom is 0.422 e. The van der Waals surface area contributed by atoms with E-state index in [0.29, 0.717) is 12.1 Å². The van der Waals surface area contributed by atoms with E-state index in [1.54, 1.807) is 12.1 Å². The molecule has 1 aromatic heterocycles. The van der Waals surface area contributed by atoms with E-state index < -0.39 is 24.2 Å². The fraction of sp³-hybridized carbons (Fsp3) is 0.333. The number of H-pyrrole nitrogens is 1. The number of nitrogens with two attached hydrogens (primary N) is 1. The summed E-state index contributed by atoms with van der Waals surface area (Å²) < 4.78 is 41.7. The first-order valence-corrected chi connectivity index (χ1v) is 8.35. The Bertz CT molecular complexity index is 909. The molecule has 1 aliphatic rings. The second-order valence-corrected chi connectivity index (χ2v) is 6.33. The number of nitrogens with one attached hydrogen (secondary N) is 2. The van der Waals surface area contributed by atoms with Gasteiger partial charge >= 0.3 is 6.18 Å². The van der Waals surface area contributed by atoms with Crippen LogP contribution in [-0.4, -0.2) is 23.7 Å². The van der Waals surface area contributed by atoms with Gasteiger partial charge < -0.3 is 20.8 Å². The predicted octanol–water partition coefficient (Wildman–Crippen LogP) is 2.90. The number of alkyl halides is 3. The molecule has 0 radical (unpaired) electrons. The molecule has 1 amide bonds. The van der Waals surface area contributed by atoms with Crippen LogP contribution >= 0.6 is 0 Å². The first kappa shape index (κ1) is 18.8. The summed E-state index contributed by atoms with van der Waals surface area (Å²) in [6.07, 6.45) is -2.22. The average Bonchev–Trinajstić information content (AvgIpc) is 2.59. The van der Waals surface area contributed by atoms with Crippen LogP contribution in [0.3, 0.4) is 0 Å². The second-order valence-electron chi connectivity index (χ2n) is 6.33. The molecule has 1 atom stereocenters. The largest absolute Gasteiger partial charge is 0.484 e. The number of ether oxygens (including phenoxy) is 1. The molecule has 6 nitrogen and oxygen atoms in total. The molecule has 9 heteroatoms. The highest BCUT2D eigenvalue weighted by Gasteiger charge is 2.28. The van der Waals surface area contributed by atoms with Crippen molar-refractivity contribution in [2.24, 2.45) is 5.73 Å². The van der Waals surface area contributed by atoms with Gasteiger partial charge in [0.05, 0.1) is 6.04 Å². The lowest BCUT2D eigenvalue weighted by molar-refractivity contribution is -0.153. The molecule has 4 N–H and O–H groups in total. The molecule has 2 aromatic rings. The van der Waals surface area contributed by atoms with E-state index >= 15 is 0 Å². The number of aryl methyl sites for hydroxylation is 1. The van der Waals surface area contributed by atoms with Crippen LogP contribution in [0.15, 0.2) is 35.1 Å². The van der Waals surface area contributed by atoms with E-state index in [-0.39, 0.29) is 17.4 Å². The van der Waals surface area contributed by atoms with Gasteiger partial charge in [-0.25, -0.2) is 0 Å². The van der Waals surface area contributed by atoms with Crippen LogP contribution in [-0.2, 0) is 6.42 Å². The monoisotopic (exact) mass is 381 g/mol. The van der Waals surface area contributed by atoms with Gasteiger partial charge in [0.15, 0.2) is 6.61 Å². The Hall–Kier alpha value is -2.97. The lowest BCUT2D eigenvalue weighted by atomic mass is 9.90. The van der Waals surface area contributed by atoms with Crippen molar-refractivity contribution in [3.05, 3.63) is 57.5 Å². The Kier molecular flexibility index (Phi) is 5.11. The van der Waals surface area contributed by atoms with Gasteiger partial charge in [0.1, 0.15) is 11.3 Å². The standard InChI is InChI=1S/C18H18F3N3O3/c19-18(20,21)9-27-11-4-1-3-10(7-11)23-14-5-2-6-15-12(14)8-13(16(22)25)17(26)24-15/h1,3-4,7-8,14,23H,2,5-6,9H2,(H2,22,25)(H,24,26)/t14-/m1/s1. The number of benzene rings is 1. The van der Waals surface area contributed by atoms with Gasteiger partial charge in [-0.1, -0.05) is 6.07 Å². The van der Waals surface area contributed by atoms with E-state index in [9.17, 15) is 22.8 Å². The number of carbonyl (C=O) groups is 1. The zero-order valence-electron chi connectivity index (χ0n) is 14.2. The van der Waals surface area contributed by atoms with Crippen LogP contribution in [0.2, 0.25) is 0 Å². The number of rotatable bonds is 5. The van der Waals surface area contributed by atoms with Crippen LogP contribution in [0.5, 0.6) is 5.75 Å². The lowest BCUT2D eigenvalue weighted by Crippen LogP contribution is -2.28. The highest BCUT2D eigenvalue weighted by Crippen LogP contribution is 2.32. The molecule has 0 saturated heterocycles. The van der Waals surface area contributed by atoms with Crippen molar-refractivity contribution < 1.29 is 22.7 Å². The molecule has 27 heavy (non-hydrogen) atoms. The van der Waals surface area contributed by atoms with E-state index in [2.05, 4.69) is 10.3 Å². The number of pyridine rings is 1. The van der Waals surface area contributed by atoms with Crippen molar-refractivity contribution in [3.63, 3.8) is 0 Å². The molecule has 1 heterocycles. The minimum Gasteiger partial charge on any atom is -0.484 e. The van der Waals surface area contributed by atoms with Crippen LogP contribution < -0.4 is 21.3 Å². The number of halogens is 3. The molecule has 1 aromatic carbocycles. The average molecular weight is 381 g/mol. The lowest BCUT2D eigenvalue weighted by Gasteiger charge is -2.27. The summed E-state index contributed by atoms with van der Waals surface area (Å²) in [7, 11) is 0. The van der Waals surface area contributed by atoms with Crippen LogP contribution in [0.1, 0.15) is 40.5 Å². The highest BCUT2D eigenvalue weighted by molar-refractivity contribution is 5.92. The van der Waals surface area contributed by atoms with E-state index in [4.69, 9.17) is 10.5 Å². The van der Waals surface area contributed by atoms with Gasteiger partial charge in [-0.05, 0) is 43.0 Å². The summed E-state index contributed by atoms with van der Waals surface area (Å²) in [4.78, 5) is 26.0. The van der Waals surface area contributed by atoms with Gasteiger partial charge in [-0.3, -0.25) is 9.59 Å². The third-order valence-electron chi connectivity index (χ3n) is 4.30. The summed E-state index contributed by atoms with van der Waals surface area (Å²) in [6, 6.07) is 7.46. The second kappa shape index (κ2) is 7.34. The van der Waals surface area contributed by atoms with Gasteiger partial charge in [0.2, 0.25) is 0 Å². The van der Waals surface area contributed by atoms with E-state index in [1.807, 2.05) is 0 Å². The zero-order chi connectivity index (χ0) is 19.6. The van der Waals surface area contributed by atoms with Crippen LogP contribution in [0.4, 0.5) is 18.9 Å². The molecule has 0 aliphatic heterocycles. The van der Waals surface area contributed by atoms with Crippen molar-refractivity contribution >= 4 is 11.6 Å². The van der Waals surface area contributed by atoms with E-state index in [1.165, 1.54) is 18.2 Å². The van der Waals surface area contributed by atoms with Crippen LogP contribution in [0.25, 0.3) is 0 Å². The van der Waals surface area contributed by atoms with Crippen LogP contribution in [0, 0.1) is 0 Å². The zero-order valence-corrected chi connectivity index (χ0v) is 14.2. The third kappa shape index (κ3) is 4.60. The Morgan fingerprint density at radius 2 is 2.11 bits per heavy atom. The summed E-state index contributed by atoms with van der Waals surface area (Å²) in [5.41, 5.74) is 6.64. The maximum absolute atomic E-state index is 12.3. The molecular formula is C18H18F3N3O3. The Labute approximate surface area is 152 Å². The summed E-state index contributed by atoms with van der Waals surface area (Å²) in [5.74, 6) is -0.724. The Morgan fingerprint density at radius 3 is 2.81 bits per heavy atom. The number of fused-ring (bicyclic) bond motifs is 1. The maximum atomic E-state index is 12.3. The minimum absolute atomic E-state index is 0.0904. The molecular weight excluding hydrogens is 363 g/mol. The molecule has 0 bridgehead atoms. The fourth-order valence-corrected chi connectivity index (χ4v) is 3.12. The van der Waals surface area contributed by atoms with Gasteiger partial charge in [-0.15, -0.1) is 0 Å². The smallest absolute Gasteiger partial charge is 0.422 e. The summed E-state index contributed by atoms with van der Waals surface area (Å²) in [6.45, 7) is -1.37. The first-order valence-electron chi connectivity index (χ1n) is 8.35. The van der Waals surface area contributed by atoms with Crippen molar-refractivity contribution in [1.29, 1.82) is 0 Å². The molecule has 0 saturated carbocycles. The molecule has 0 unspecified atom stereocenters. The van der Waals surface area contributed by atoms with Crippen molar-refractivity contribution in [2.75, 3.05) is 11.9 Å². The third-order valence-corrected chi connectivity index (χ3v) is 4.30. The minimum atomic E-state index is -4.41. The number of anilines is 1. The van der Waals surface area contributed by atoms with Gasteiger partial charge in [-0.2, -0.15) is 13.2 Å². The molecule has 144 valence electrons. The Morgan fingerprint density at radius 1 is 1.33 bits per heavy atom. The van der Waals surface area contributed by atoms with E-state index in [0.717, 1.165) is 24.1 Å². The normalized spacial score (nSPS) is 16.5. The molecule has 0 spiro atoms. The Balaban J connectivity index is 1.83. The summed E-state index contributed by atoms with van der Waals surface area (Å²) in [5, 5.41) is 3.22. The number of carbonyl (C=O) groups excluding carboxylic acids is 1. The highest BCUT2D eigenvalue weighted by atomic mass is 19.4. The van der Waals surface area contributed by atoms with Crippen molar-refractivity contribution in [3.8, 4) is 5.75 Å². The number of hydrogen-bond acceptors (Lipinski definition) is 4. The number of hydrogen-bond donors (Lipinski definition) is 3. The van der Waals surface area contributed by atoms with Crippen molar-refractivity contribution in [2.45, 2.75) is 31.5 Å². The van der Waals surface area contributed by atoms with Gasteiger partial charge in [0.25, 0.3) is 11.5 Å². The number of aromatic amines is 1. The quantitative estimate of drug-likeness (QED) is 0.742. The number of amides is 1. The molecule has 0 fully saturated rings.